The van der Waals surface area contributed by atoms with Crippen LogP contribution >= 0.6 is 0 Å². The lowest BCUT2D eigenvalue weighted by Gasteiger charge is -2.43. The van der Waals surface area contributed by atoms with Gasteiger partial charge in [-0.25, -0.2) is 8.78 Å². The molecule has 3 aliphatic heterocycles. The summed E-state index contributed by atoms with van der Waals surface area (Å²) in [4.78, 5) is 47.9. The molecule has 3 N–H and O–H groups in total. The molecule has 0 radical (unpaired) electrons. The summed E-state index contributed by atoms with van der Waals surface area (Å²) < 4.78 is 29.0. The zero-order chi connectivity index (χ0) is 35.9. The lowest BCUT2D eigenvalue weighted by molar-refractivity contribution is -0.134. The molecule has 5 aliphatic rings. The Kier molecular flexibility index (Phi) is 7.84. The molecule has 3 amide bonds. The van der Waals surface area contributed by atoms with E-state index >= 15 is 0 Å². The van der Waals surface area contributed by atoms with Crippen LogP contribution in [0.1, 0.15) is 72.6 Å². The van der Waals surface area contributed by atoms with Gasteiger partial charge in [0.25, 0.3) is 11.8 Å². The summed E-state index contributed by atoms with van der Waals surface area (Å²) in [6.07, 6.45) is 3.77. The van der Waals surface area contributed by atoms with E-state index < -0.39 is 17.3 Å². The standard InChI is InChI=1S/C40H45F2N7O3/c1-23-21-49(16-15-48(23)22-24-11-13-47(14-12-24)28-7-5-25(6-8-28)29-9-10-35(50)44-37(29)51)38(52)27-4-3-26-17-32(43-31(26)18-27)36-30-19-34-39(2,40(34,41)42)20-33(30)45-46-36/h3-8,17-18,23-24,29,34,43H,9-16,19-22H2,1-2H3,(H,45,46)(H,44,50,51)/t23-,29+,34-,39+/m0/s1. The molecule has 12 heteroatoms. The molecule has 2 aliphatic carbocycles. The number of nitrogens with zero attached hydrogens (tertiary/aromatic N) is 4. The van der Waals surface area contributed by atoms with Crippen molar-refractivity contribution in [3.8, 4) is 11.4 Å². The van der Waals surface area contributed by atoms with Crippen LogP contribution in [0, 0.1) is 17.3 Å². The number of carbonyl (C=O) groups is 3. The molecular formula is C40H45F2N7O3. The summed E-state index contributed by atoms with van der Waals surface area (Å²) in [5.41, 5.74) is 5.77. The van der Waals surface area contributed by atoms with Crippen molar-refractivity contribution in [2.75, 3.05) is 44.2 Å². The molecule has 0 unspecified atom stereocenters. The molecule has 1 saturated carbocycles. The van der Waals surface area contributed by atoms with Crippen molar-refractivity contribution >= 4 is 34.3 Å². The van der Waals surface area contributed by atoms with Crippen LogP contribution in [0.3, 0.4) is 0 Å². The predicted molar refractivity (Wildman–Crippen MR) is 193 cm³/mol. The molecule has 52 heavy (non-hydrogen) atoms. The Hall–Kier alpha value is -4.58. The van der Waals surface area contributed by atoms with Crippen LogP contribution in [0.2, 0.25) is 0 Å². The number of halogens is 2. The Bertz CT molecular complexity index is 2070. The topological polar surface area (TPSA) is 117 Å². The molecule has 4 aromatic rings. The lowest BCUT2D eigenvalue weighted by atomic mass is 9.87. The molecule has 5 heterocycles. The van der Waals surface area contributed by atoms with Crippen molar-refractivity contribution in [2.24, 2.45) is 17.3 Å². The minimum Gasteiger partial charge on any atom is -0.372 e. The molecule has 272 valence electrons. The number of rotatable bonds is 6. The van der Waals surface area contributed by atoms with Crippen LogP contribution < -0.4 is 10.2 Å². The number of fused-ring (bicyclic) bond motifs is 3. The summed E-state index contributed by atoms with van der Waals surface area (Å²) in [7, 11) is 0. The first-order valence-electron chi connectivity index (χ1n) is 18.8. The molecule has 4 fully saturated rings. The summed E-state index contributed by atoms with van der Waals surface area (Å²) in [5, 5.41) is 11.0. The normalized spacial score (nSPS) is 27.7. The number of piperazine rings is 1. The smallest absolute Gasteiger partial charge is 0.258 e. The molecule has 2 aromatic heterocycles. The van der Waals surface area contributed by atoms with E-state index in [2.05, 4.69) is 49.4 Å². The number of aromatic nitrogens is 3. The van der Waals surface area contributed by atoms with Crippen LogP contribution in [-0.2, 0) is 22.4 Å². The van der Waals surface area contributed by atoms with Crippen molar-refractivity contribution in [1.82, 2.24) is 30.3 Å². The number of alkyl halides is 2. The molecule has 0 bridgehead atoms. The second-order valence-corrected chi connectivity index (χ2v) is 16.1. The van der Waals surface area contributed by atoms with Crippen LogP contribution in [-0.4, -0.2) is 93.9 Å². The van der Waals surface area contributed by atoms with Crippen molar-refractivity contribution < 1.29 is 23.2 Å². The predicted octanol–water partition coefficient (Wildman–Crippen LogP) is 5.51. The minimum atomic E-state index is -2.64. The van der Waals surface area contributed by atoms with E-state index in [1.165, 1.54) is 5.69 Å². The van der Waals surface area contributed by atoms with Crippen LogP contribution in [0.15, 0.2) is 48.5 Å². The molecule has 10 nitrogen and oxygen atoms in total. The number of imide groups is 1. The highest BCUT2D eigenvalue weighted by molar-refractivity contribution is 6.01. The minimum absolute atomic E-state index is 0.0221. The van der Waals surface area contributed by atoms with Crippen LogP contribution in [0.5, 0.6) is 0 Å². The number of piperidine rings is 2. The van der Waals surface area contributed by atoms with Gasteiger partial charge >= 0.3 is 0 Å². The third-order valence-corrected chi connectivity index (χ3v) is 13.0. The van der Waals surface area contributed by atoms with Gasteiger partial charge in [-0.1, -0.05) is 25.1 Å². The largest absolute Gasteiger partial charge is 0.372 e. The number of H-pyrrole nitrogens is 2. The maximum atomic E-state index is 14.5. The number of hydrogen-bond donors (Lipinski definition) is 3. The number of anilines is 1. The molecule has 2 aromatic carbocycles. The van der Waals surface area contributed by atoms with E-state index in [1.54, 1.807) is 6.92 Å². The molecule has 9 rings (SSSR count). The fourth-order valence-electron chi connectivity index (χ4n) is 9.49. The van der Waals surface area contributed by atoms with E-state index in [9.17, 15) is 23.2 Å². The van der Waals surface area contributed by atoms with Crippen LogP contribution in [0.4, 0.5) is 14.5 Å². The van der Waals surface area contributed by atoms with Crippen molar-refractivity contribution in [3.05, 3.63) is 70.9 Å². The summed E-state index contributed by atoms with van der Waals surface area (Å²) >= 11 is 0. The Morgan fingerprint density at radius 1 is 1.00 bits per heavy atom. The SMILES string of the molecule is C[C@H]1CN(C(=O)c2ccc3cc(-c4n[nH]c5c4C[C@@H]4C(F)(F)[C@]4(C)C5)[nH]c3c2)CCN1CC1CCN(c2ccc([C@H]3CCC(=O)NC3=O)cc2)CC1. The van der Waals surface area contributed by atoms with E-state index in [0.717, 1.165) is 72.4 Å². The maximum Gasteiger partial charge on any atom is 0.258 e. The Morgan fingerprint density at radius 2 is 1.79 bits per heavy atom. The molecular weight excluding hydrogens is 664 g/mol. The summed E-state index contributed by atoms with van der Waals surface area (Å²) in [6, 6.07) is 16.2. The maximum absolute atomic E-state index is 14.5. The summed E-state index contributed by atoms with van der Waals surface area (Å²) in [5.74, 6) is -3.32. The van der Waals surface area contributed by atoms with Gasteiger partial charge in [0.2, 0.25) is 11.8 Å². The van der Waals surface area contributed by atoms with E-state index in [4.69, 9.17) is 0 Å². The van der Waals surface area contributed by atoms with Gasteiger partial charge in [0.1, 0.15) is 5.69 Å². The Balaban J connectivity index is 0.783. The lowest BCUT2D eigenvalue weighted by Crippen LogP contribution is -2.55. The van der Waals surface area contributed by atoms with Gasteiger partial charge in [-0.15, -0.1) is 0 Å². The molecule has 4 atom stereocenters. The fraction of sp³-hybridized carbons (Fsp3) is 0.500. The van der Waals surface area contributed by atoms with Crippen molar-refractivity contribution in [1.29, 1.82) is 0 Å². The Morgan fingerprint density at radius 3 is 2.54 bits per heavy atom. The highest BCUT2D eigenvalue weighted by atomic mass is 19.3. The number of carbonyl (C=O) groups excluding carboxylic acids is 3. The number of aromatic amines is 2. The molecule has 3 saturated heterocycles. The first kappa shape index (κ1) is 33.3. The van der Waals surface area contributed by atoms with Crippen molar-refractivity contribution in [3.63, 3.8) is 0 Å². The zero-order valence-electron chi connectivity index (χ0n) is 29.7. The van der Waals surface area contributed by atoms with Crippen LogP contribution in [0.25, 0.3) is 22.3 Å². The van der Waals surface area contributed by atoms with Gasteiger partial charge in [0.15, 0.2) is 0 Å². The average Bonchev–Trinajstić information content (AvgIpc) is 3.52. The quantitative estimate of drug-likeness (QED) is 0.228. The van der Waals surface area contributed by atoms with Gasteiger partial charge in [-0.2, -0.15) is 5.10 Å². The van der Waals surface area contributed by atoms with E-state index in [1.807, 2.05) is 41.3 Å². The number of amides is 3. The number of nitrogens with one attached hydrogen (secondary N) is 3. The van der Waals surface area contributed by atoms with Gasteiger partial charge in [-0.05, 0) is 74.4 Å². The van der Waals surface area contributed by atoms with Gasteiger partial charge in [-0.3, -0.25) is 29.7 Å². The third kappa shape index (κ3) is 5.52. The first-order valence-corrected chi connectivity index (χ1v) is 18.8. The monoisotopic (exact) mass is 709 g/mol. The van der Waals surface area contributed by atoms with Gasteiger partial charge in [0, 0.05) is 103 Å². The second kappa shape index (κ2) is 12.2. The van der Waals surface area contributed by atoms with Gasteiger partial charge < -0.3 is 14.8 Å². The Labute approximate surface area is 301 Å². The highest BCUT2D eigenvalue weighted by Gasteiger charge is 2.78. The first-order chi connectivity index (χ1) is 25.0. The van der Waals surface area contributed by atoms with E-state index in [0.29, 0.717) is 55.9 Å². The van der Waals surface area contributed by atoms with E-state index in [-0.39, 0.29) is 29.7 Å². The average molecular weight is 710 g/mol. The highest BCUT2D eigenvalue weighted by Crippen LogP contribution is 2.70. The third-order valence-electron chi connectivity index (χ3n) is 13.0. The zero-order valence-corrected chi connectivity index (χ0v) is 29.7. The second-order valence-electron chi connectivity index (χ2n) is 16.1. The summed E-state index contributed by atoms with van der Waals surface area (Å²) in [6.45, 7) is 9.07. The van der Waals surface area contributed by atoms with Crippen molar-refractivity contribution in [2.45, 2.75) is 70.3 Å². The fourth-order valence-corrected chi connectivity index (χ4v) is 9.49. The number of benzene rings is 2. The number of hydrogen-bond acceptors (Lipinski definition) is 6. The molecule has 0 spiro atoms. The van der Waals surface area contributed by atoms with Gasteiger partial charge in [0.05, 0.1) is 11.6 Å².